The van der Waals surface area contributed by atoms with Gasteiger partial charge in [0, 0.05) is 11.4 Å². The van der Waals surface area contributed by atoms with E-state index in [2.05, 4.69) is 20.6 Å². The maximum absolute atomic E-state index is 13.0. The van der Waals surface area contributed by atoms with Gasteiger partial charge in [-0.3, -0.25) is 0 Å². The highest BCUT2D eigenvalue weighted by atomic mass is 35.5. The number of aromatic nitrogens is 2. The van der Waals surface area contributed by atoms with Gasteiger partial charge < -0.3 is 16.4 Å². The van der Waals surface area contributed by atoms with Crippen molar-refractivity contribution in [3.05, 3.63) is 64.9 Å². The molecule has 0 unspecified atom stereocenters. The van der Waals surface area contributed by atoms with Crippen LogP contribution in [0.5, 0.6) is 0 Å². The molecule has 0 spiro atoms. The third-order valence-corrected chi connectivity index (χ3v) is 4.20. The topological polar surface area (TPSA) is 75.9 Å². The summed E-state index contributed by atoms with van der Waals surface area (Å²) in [5.41, 5.74) is 3.96. The van der Waals surface area contributed by atoms with Crippen molar-refractivity contribution in [2.45, 2.75) is 12.4 Å². The molecule has 0 radical (unpaired) electrons. The number of rotatable bonds is 4. The molecule has 30 heavy (non-hydrogen) atoms. The summed E-state index contributed by atoms with van der Waals surface area (Å²) in [6, 6.07) is 7.48. The Hall–Kier alpha value is -3.21. The predicted octanol–water partition coefficient (Wildman–Crippen LogP) is 6.24. The first-order valence-corrected chi connectivity index (χ1v) is 8.51. The molecule has 1 heterocycles. The number of hydrogen-bond donors (Lipinski definition) is 3. The fourth-order valence-electron chi connectivity index (χ4n) is 2.46. The van der Waals surface area contributed by atoms with Gasteiger partial charge in [-0.05, 0) is 36.4 Å². The van der Waals surface area contributed by atoms with Crippen LogP contribution in [0.3, 0.4) is 0 Å². The lowest BCUT2D eigenvalue weighted by Crippen LogP contribution is -2.08. The second-order valence-corrected chi connectivity index (χ2v) is 6.41. The Labute approximate surface area is 170 Å². The van der Waals surface area contributed by atoms with E-state index in [1.54, 1.807) is 0 Å². The van der Waals surface area contributed by atoms with Crippen molar-refractivity contribution in [2.75, 3.05) is 16.4 Å². The van der Waals surface area contributed by atoms with Crippen LogP contribution in [0.15, 0.2) is 48.8 Å². The lowest BCUT2D eigenvalue weighted by atomic mass is 10.2. The average Bonchev–Trinajstić information content (AvgIpc) is 2.65. The van der Waals surface area contributed by atoms with Crippen LogP contribution < -0.4 is 16.4 Å². The molecule has 0 fully saturated rings. The number of nitrogens with two attached hydrogens (primary N) is 1. The maximum atomic E-state index is 13.0. The Bertz CT molecular complexity index is 1070. The first-order chi connectivity index (χ1) is 13.9. The number of nitrogens with zero attached hydrogens (tertiary/aromatic N) is 2. The van der Waals surface area contributed by atoms with E-state index >= 15 is 0 Å². The van der Waals surface area contributed by atoms with Crippen LogP contribution in [0.2, 0.25) is 5.02 Å². The van der Waals surface area contributed by atoms with Gasteiger partial charge >= 0.3 is 12.4 Å². The van der Waals surface area contributed by atoms with Gasteiger partial charge in [0.25, 0.3) is 0 Å². The molecule has 5 nitrogen and oxygen atoms in total. The number of hydrogen-bond acceptors (Lipinski definition) is 5. The van der Waals surface area contributed by atoms with Crippen molar-refractivity contribution >= 4 is 40.3 Å². The second kappa shape index (κ2) is 7.90. The summed E-state index contributed by atoms with van der Waals surface area (Å²) < 4.78 is 77.6. The number of alkyl halides is 6. The largest absolute Gasteiger partial charge is 0.417 e. The normalized spacial score (nSPS) is 12.0. The summed E-state index contributed by atoms with van der Waals surface area (Å²) in [6.45, 7) is 0. The van der Waals surface area contributed by atoms with Crippen molar-refractivity contribution in [2.24, 2.45) is 0 Å². The number of benzene rings is 2. The van der Waals surface area contributed by atoms with E-state index in [0.29, 0.717) is 0 Å². The minimum absolute atomic E-state index is 0.00198. The lowest BCUT2D eigenvalue weighted by molar-refractivity contribution is -0.138. The Balaban J connectivity index is 1.88. The van der Waals surface area contributed by atoms with Gasteiger partial charge in [-0.1, -0.05) is 17.7 Å². The summed E-state index contributed by atoms with van der Waals surface area (Å²) >= 11 is 5.59. The monoisotopic (exact) mass is 447 g/mol. The molecule has 0 amide bonds. The van der Waals surface area contributed by atoms with Crippen molar-refractivity contribution in [1.82, 2.24) is 9.97 Å². The quantitative estimate of drug-likeness (QED) is 0.413. The van der Waals surface area contributed by atoms with E-state index in [0.717, 1.165) is 30.6 Å². The first kappa shape index (κ1) is 21.5. The van der Waals surface area contributed by atoms with Crippen molar-refractivity contribution in [3.63, 3.8) is 0 Å². The molecule has 0 aliphatic carbocycles. The Morgan fingerprint density at radius 2 is 1.40 bits per heavy atom. The van der Waals surface area contributed by atoms with Gasteiger partial charge in [-0.2, -0.15) is 26.3 Å². The molecule has 0 saturated heterocycles. The smallest absolute Gasteiger partial charge is 0.393 e. The van der Waals surface area contributed by atoms with Gasteiger partial charge in [-0.25, -0.2) is 9.97 Å². The van der Waals surface area contributed by atoms with Crippen LogP contribution in [0.25, 0.3) is 0 Å². The molecule has 4 N–H and O–H groups in total. The van der Waals surface area contributed by atoms with Crippen LogP contribution in [0.4, 0.5) is 55.0 Å². The van der Waals surface area contributed by atoms with Crippen LogP contribution in [0, 0.1) is 0 Å². The molecule has 0 bridgehead atoms. The SMILES string of the molecule is Nc1c(Nc2cccc(C(F)(F)F)c2)ncnc1Nc1ccc(Cl)c(C(F)(F)F)c1. The third-order valence-electron chi connectivity index (χ3n) is 3.87. The third kappa shape index (κ3) is 4.85. The van der Waals surface area contributed by atoms with Crippen LogP contribution in [-0.4, -0.2) is 9.97 Å². The fourth-order valence-corrected chi connectivity index (χ4v) is 2.69. The maximum Gasteiger partial charge on any atom is 0.417 e. The van der Waals surface area contributed by atoms with Crippen molar-refractivity contribution < 1.29 is 26.3 Å². The highest BCUT2D eigenvalue weighted by molar-refractivity contribution is 6.31. The zero-order valence-corrected chi connectivity index (χ0v) is 15.5. The first-order valence-electron chi connectivity index (χ1n) is 8.13. The average molecular weight is 448 g/mol. The fraction of sp³-hybridized carbons (Fsp3) is 0.111. The molecule has 2 aromatic carbocycles. The Morgan fingerprint density at radius 1 is 0.800 bits per heavy atom. The van der Waals surface area contributed by atoms with E-state index < -0.39 is 28.5 Å². The summed E-state index contributed by atoms with van der Waals surface area (Å²) in [4.78, 5) is 7.73. The number of nitrogens with one attached hydrogen (secondary N) is 2. The van der Waals surface area contributed by atoms with Crippen LogP contribution in [0.1, 0.15) is 11.1 Å². The highest BCUT2D eigenvalue weighted by Crippen LogP contribution is 2.37. The molecule has 1 aromatic heterocycles. The molecule has 158 valence electrons. The van der Waals surface area contributed by atoms with Crippen molar-refractivity contribution in [3.8, 4) is 0 Å². The van der Waals surface area contributed by atoms with Gasteiger partial charge in [-0.15, -0.1) is 0 Å². The molecule has 3 aromatic rings. The van der Waals surface area contributed by atoms with E-state index in [-0.39, 0.29) is 28.7 Å². The van der Waals surface area contributed by atoms with E-state index in [9.17, 15) is 26.3 Å². The van der Waals surface area contributed by atoms with Gasteiger partial charge in [0.15, 0.2) is 11.6 Å². The van der Waals surface area contributed by atoms with E-state index in [1.807, 2.05) is 0 Å². The zero-order chi connectivity index (χ0) is 22.1. The summed E-state index contributed by atoms with van der Waals surface area (Å²) in [7, 11) is 0. The molecule has 3 rings (SSSR count). The molecule has 0 atom stereocenters. The number of halogens is 7. The molecule has 0 saturated carbocycles. The predicted molar refractivity (Wildman–Crippen MR) is 101 cm³/mol. The molecular weight excluding hydrogens is 436 g/mol. The molecule has 0 aliphatic rings. The lowest BCUT2D eigenvalue weighted by Gasteiger charge is -2.15. The minimum Gasteiger partial charge on any atom is -0.393 e. The molecular formula is C18H12ClF6N5. The minimum atomic E-state index is -4.66. The van der Waals surface area contributed by atoms with Gasteiger partial charge in [0.1, 0.15) is 12.0 Å². The summed E-state index contributed by atoms with van der Waals surface area (Å²) in [5.74, 6) is -0.0771. The van der Waals surface area contributed by atoms with Gasteiger partial charge in [0.05, 0.1) is 16.1 Å². The Kier molecular flexibility index (Phi) is 5.66. The van der Waals surface area contributed by atoms with Crippen molar-refractivity contribution in [1.29, 1.82) is 0 Å². The zero-order valence-electron chi connectivity index (χ0n) is 14.7. The van der Waals surface area contributed by atoms with Crippen LogP contribution >= 0.6 is 11.6 Å². The van der Waals surface area contributed by atoms with Gasteiger partial charge in [0.2, 0.25) is 0 Å². The highest BCUT2D eigenvalue weighted by Gasteiger charge is 2.33. The summed E-state index contributed by atoms with van der Waals surface area (Å²) in [6.07, 6.45) is -8.15. The second-order valence-electron chi connectivity index (χ2n) is 6.01. The standard InChI is InChI=1S/C18H12ClF6N5/c19-13-5-4-11(7-12(13)18(23,24)25)30-16-14(26)15(27-8-28-16)29-10-3-1-2-9(6-10)17(20,21)22/h1-8H,26H2,(H2,27,28,29,30). The molecule has 0 aliphatic heterocycles. The summed E-state index contributed by atoms with van der Waals surface area (Å²) in [5, 5.41) is 4.78. The van der Waals surface area contributed by atoms with Crippen LogP contribution in [-0.2, 0) is 12.4 Å². The number of anilines is 5. The molecule has 12 heteroatoms. The number of nitrogen functional groups attached to an aromatic ring is 1. The van der Waals surface area contributed by atoms with E-state index in [1.165, 1.54) is 18.2 Å². The Morgan fingerprint density at radius 3 is 1.97 bits per heavy atom. The van der Waals surface area contributed by atoms with E-state index in [4.69, 9.17) is 17.3 Å².